The SMILES string of the molecule is O=C(Nc1ccc(Cc2ccncc2)cc1)c1cn(-c2ccccc2C(F)(F)F)nn1. The topological polar surface area (TPSA) is 72.7 Å². The van der Waals surface area contributed by atoms with E-state index in [2.05, 4.69) is 20.6 Å². The molecule has 156 valence electrons. The van der Waals surface area contributed by atoms with Crippen LogP contribution in [-0.4, -0.2) is 25.9 Å². The van der Waals surface area contributed by atoms with Gasteiger partial charge < -0.3 is 5.32 Å². The Kier molecular flexibility index (Phi) is 5.48. The Morgan fingerprint density at radius 2 is 1.61 bits per heavy atom. The van der Waals surface area contributed by atoms with E-state index in [0.717, 1.165) is 34.5 Å². The van der Waals surface area contributed by atoms with Gasteiger partial charge in [-0.25, -0.2) is 4.68 Å². The molecule has 2 aromatic carbocycles. The number of alkyl halides is 3. The summed E-state index contributed by atoms with van der Waals surface area (Å²) in [6, 6.07) is 16.1. The van der Waals surface area contributed by atoms with Crippen LogP contribution >= 0.6 is 0 Å². The predicted molar refractivity (Wildman–Crippen MR) is 108 cm³/mol. The largest absolute Gasteiger partial charge is 0.418 e. The Labute approximate surface area is 175 Å². The van der Waals surface area contributed by atoms with Gasteiger partial charge in [-0.1, -0.05) is 29.5 Å². The Morgan fingerprint density at radius 3 is 2.32 bits per heavy atom. The van der Waals surface area contributed by atoms with Gasteiger partial charge in [0.25, 0.3) is 5.91 Å². The van der Waals surface area contributed by atoms with Gasteiger partial charge in [0.1, 0.15) is 0 Å². The molecule has 4 aromatic rings. The van der Waals surface area contributed by atoms with E-state index in [1.54, 1.807) is 24.5 Å². The summed E-state index contributed by atoms with van der Waals surface area (Å²) in [4.78, 5) is 16.4. The van der Waals surface area contributed by atoms with E-state index in [1.807, 2.05) is 24.3 Å². The predicted octanol–water partition coefficient (Wildman–Crippen LogP) is 4.52. The Hall–Kier alpha value is -4.01. The maximum Gasteiger partial charge on any atom is 0.418 e. The lowest BCUT2D eigenvalue weighted by Crippen LogP contribution is -2.12. The minimum Gasteiger partial charge on any atom is -0.321 e. The number of anilines is 1. The van der Waals surface area contributed by atoms with Crippen molar-refractivity contribution in [2.45, 2.75) is 12.6 Å². The lowest BCUT2D eigenvalue weighted by molar-refractivity contribution is -0.137. The number of halogens is 3. The van der Waals surface area contributed by atoms with E-state index < -0.39 is 17.6 Å². The number of pyridine rings is 1. The summed E-state index contributed by atoms with van der Waals surface area (Å²) in [5.74, 6) is -0.572. The fourth-order valence-corrected chi connectivity index (χ4v) is 3.04. The van der Waals surface area contributed by atoms with E-state index in [1.165, 1.54) is 18.2 Å². The number of para-hydroxylation sites is 1. The van der Waals surface area contributed by atoms with Gasteiger partial charge in [-0.05, 0) is 53.9 Å². The number of benzene rings is 2. The summed E-state index contributed by atoms with van der Waals surface area (Å²) in [6.45, 7) is 0. The lowest BCUT2D eigenvalue weighted by Gasteiger charge is -2.11. The standard InChI is InChI=1S/C22H16F3N5O/c23-22(24,25)18-3-1-2-4-20(18)30-14-19(28-29-30)21(31)27-17-7-5-15(6-8-17)13-16-9-11-26-12-10-16/h1-12,14H,13H2,(H,27,31). The molecule has 0 radical (unpaired) electrons. The van der Waals surface area contributed by atoms with E-state index in [4.69, 9.17) is 0 Å². The monoisotopic (exact) mass is 423 g/mol. The number of nitrogens with zero attached hydrogens (tertiary/aromatic N) is 4. The van der Waals surface area contributed by atoms with Gasteiger partial charge >= 0.3 is 6.18 Å². The maximum atomic E-state index is 13.2. The van der Waals surface area contributed by atoms with Gasteiger partial charge in [0.15, 0.2) is 5.69 Å². The molecule has 2 aromatic heterocycles. The average molecular weight is 423 g/mol. The summed E-state index contributed by atoms with van der Waals surface area (Å²) >= 11 is 0. The first kappa shape index (κ1) is 20.3. The highest BCUT2D eigenvalue weighted by Gasteiger charge is 2.34. The van der Waals surface area contributed by atoms with Gasteiger partial charge in [0, 0.05) is 18.1 Å². The van der Waals surface area contributed by atoms with Gasteiger partial charge in [-0.15, -0.1) is 5.10 Å². The van der Waals surface area contributed by atoms with E-state index in [0.29, 0.717) is 5.69 Å². The van der Waals surface area contributed by atoms with Crippen LogP contribution in [-0.2, 0) is 12.6 Å². The maximum absolute atomic E-state index is 13.2. The van der Waals surface area contributed by atoms with E-state index >= 15 is 0 Å². The van der Waals surface area contributed by atoms with Gasteiger partial charge in [-0.3, -0.25) is 9.78 Å². The number of carbonyl (C=O) groups is 1. The first-order valence-electron chi connectivity index (χ1n) is 9.28. The Balaban J connectivity index is 1.46. The second kappa shape index (κ2) is 8.39. The molecule has 1 N–H and O–H groups in total. The number of aromatic nitrogens is 4. The molecule has 0 unspecified atom stereocenters. The number of amides is 1. The third kappa shape index (κ3) is 4.77. The molecule has 6 nitrogen and oxygen atoms in total. The van der Waals surface area contributed by atoms with Crippen molar-refractivity contribution in [3.05, 3.63) is 102 Å². The highest BCUT2D eigenvalue weighted by atomic mass is 19.4. The number of hydrogen-bond donors (Lipinski definition) is 1. The smallest absolute Gasteiger partial charge is 0.321 e. The van der Waals surface area contributed by atoms with Crippen LogP contribution in [0.4, 0.5) is 18.9 Å². The van der Waals surface area contributed by atoms with Crippen molar-refractivity contribution >= 4 is 11.6 Å². The zero-order chi connectivity index (χ0) is 21.8. The van der Waals surface area contributed by atoms with Crippen LogP contribution in [0.1, 0.15) is 27.2 Å². The van der Waals surface area contributed by atoms with Crippen molar-refractivity contribution in [1.82, 2.24) is 20.0 Å². The number of nitrogens with one attached hydrogen (secondary N) is 1. The summed E-state index contributed by atoms with van der Waals surface area (Å²) in [5.41, 5.74) is 1.53. The normalized spacial score (nSPS) is 11.3. The molecule has 0 bridgehead atoms. The molecule has 0 fully saturated rings. The molecule has 0 atom stereocenters. The fraction of sp³-hybridized carbons (Fsp3) is 0.0909. The van der Waals surface area contributed by atoms with E-state index in [9.17, 15) is 18.0 Å². The van der Waals surface area contributed by atoms with Crippen LogP contribution < -0.4 is 5.32 Å². The van der Waals surface area contributed by atoms with Crippen LogP contribution in [0.2, 0.25) is 0 Å². The lowest BCUT2D eigenvalue weighted by atomic mass is 10.1. The average Bonchev–Trinajstić information content (AvgIpc) is 3.26. The summed E-state index contributed by atoms with van der Waals surface area (Å²) in [6.07, 6.45) is 0.790. The molecule has 0 aliphatic carbocycles. The third-order valence-electron chi connectivity index (χ3n) is 4.55. The van der Waals surface area contributed by atoms with Crippen molar-refractivity contribution in [2.24, 2.45) is 0 Å². The zero-order valence-corrected chi connectivity index (χ0v) is 16.0. The minimum atomic E-state index is -4.55. The molecule has 4 rings (SSSR count). The molecular formula is C22H16F3N5O. The molecule has 1 amide bonds. The van der Waals surface area contributed by atoms with Crippen LogP contribution in [0.3, 0.4) is 0 Å². The van der Waals surface area contributed by atoms with Gasteiger partial charge in [0.2, 0.25) is 0 Å². The number of hydrogen-bond acceptors (Lipinski definition) is 4. The Bertz CT molecular complexity index is 1190. The molecule has 31 heavy (non-hydrogen) atoms. The molecule has 0 saturated heterocycles. The molecule has 9 heteroatoms. The third-order valence-corrected chi connectivity index (χ3v) is 4.55. The second-order valence-electron chi connectivity index (χ2n) is 6.75. The summed E-state index contributed by atoms with van der Waals surface area (Å²) < 4.78 is 40.6. The molecule has 0 aliphatic rings. The quantitative estimate of drug-likeness (QED) is 0.512. The van der Waals surface area contributed by atoms with Gasteiger partial charge in [-0.2, -0.15) is 13.2 Å². The molecule has 2 heterocycles. The molecule has 0 saturated carbocycles. The highest BCUT2D eigenvalue weighted by molar-refractivity contribution is 6.02. The molecule has 0 aliphatic heterocycles. The van der Waals surface area contributed by atoms with Crippen LogP contribution in [0.25, 0.3) is 5.69 Å². The van der Waals surface area contributed by atoms with Crippen molar-refractivity contribution in [2.75, 3.05) is 5.32 Å². The Morgan fingerprint density at radius 1 is 0.935 bits per heavy atom. The van der Waals surface area contributed by atoms with Crippen molar-refractivity contribution in [3.8, 4) is 5.69 Å². The van der Waals surface area contributed by atoms with Crippen molar-refractivity contribution < 1.29 is 18.0 Å². The van der Waals surface area contributed by atoms with Crippen LogP contribution in [0, 0.1) is 0 Å². The van der Waals surface area contributed by atoms with Crippen LogP contribution in [0.15, 0.2) is 79.3 Å². The van der Waals surface area contributed by atoms with Gasteiger partial charge in [0.05, 0.1) is 17.4 Å². The second-order valence-corrected chi connectivity index (χ2v) is 6.75. The number of rotatable bonds is 5. The zero-order valence-electron chi connectivity index (χ0n) is 16.0. The van der Waals surface area contributed by atoms with Crippen LogP contribution in [0.5, 0.6) is 0 Å². The van der Waals surface area contributed by atoms with Crippen molar-refractivity contribution in [3.63, 3.8) is 0 Å². The first-order chi connectivity index (χ1) is 14.9. The summed E-state index contributed by atoms with van der Waals surface area (Å²) in [7, 11) is 0. The summed E-state index contributed by atoms with van der Waals surface area (Å²) in [5, 5.41) is 10.1. The highest BCUT2D eigenvalue weighted by Crippen LogP contribution is 2.33. The number of carbonyl (C=O) groups excluding carboxylic acids is 1. The first-order valence-corrected chi connectivity index (χ1v) is 9.28. The minimum absolute atomic E-state index is 0.0992. The van der Waals surface area contributed by atoms with Crippen molar-refractivity contribution in [1.29, 1.82) is 0 Å². The fourth-order valence-electron chi connectivity index (χ4n) is 3.04. The molecular weight excluding hydrogens is 407 g/mol. The molecule has 0 spiro atoms. The van der Waals surface area contributed by atoms with E-state index in [-0.39, 0.29) is 11.4 Å².